The van der Waals surface area contributed by atoms with Gasteiger partial charge in [-0.2, -0.15) is 0 Å². The minimum atomic E-state index is -0.718. The summed E-state index contributed by atoms with van der Waals surface area (Å²) in [4.78, 5) is 13.8. The van der Waals surface area contributed by atoms with Gasteiger partial charge in [0.2, 0.25) is 0 Å². The van der Waals surface area contributed by atoms with E-state index in [2.05, 4.69) is 20.4 Å². The summed E-state index contributed by atoms with van der Waals surface area (Å²) < 4.78 is 1.70. The first-order valence-corrected chi connectivity index (χ1v) is 7.40. The number of carboxylic acids is 1. The van der Waals surface area contributed by atoms with Crippen molar-refractivity contribution >= 4 is 5.97 Å². The Balaban J connectivity index is 1.62. The maximum atomic E-state index is 11.4. The van der Waals surface area contributed by atoms with Gasteiger partial charge in [-0.1, -0.05) is 6.42 Å². The van der Waals surface area contributed by atoms with E-state index in [1.165, 1.54) is 12.8 Å². The van der Waals surface area contributed by atoms with Crippen LogP contribution in [-0.2, 0) is 17.8 Å². The molecule has 1 saturated heterocycles. The van der Waals surface area contributed by atoms with Gasteiger partial charge >= 0.3 is 5.97 Å². The summed E-state index contributed by atoms with van der Waals surface area (Å²) in [5, 5.41) is 21.2. The lowest BCUT2D eigenvalue weighted by Gasteiger charge is -2.37. The molecule has 0 aromatic carbocycles. The average molecular weight is 279 g/mol. The first-order chi connectivity index (χ1) is 9.70. The number of likely N-dealkylation sites (tertiary alicyclic amines) is 1. The molecule has 7 nitrogen and oxygen atoms in total. The standard InChI is InChI=1S/C13H21N5O2/c19-12(20)13(5-3-6-13)10-18-11(14-15-16-18)4-9-17-7-1-2-8-17/h1-10H2,(H,19,20). The molecule has 0 atom stereocenters. The van der Waals surface area contributed by atoms with Crippen LogP contribution in [0.4, 0.5) is 0 Å². The van der Waals surface area contributed by atoms with Crippen LogP contribution >= 0.6 is 0 Å². The Labute approximate surface area is 117 Å². The maximum Gasteiger partial charge on any atom is 0.311 e. The van der Waals surface area contributed by atoms with Gasteiger partial charge < -0.3 is 10.0 Å². The second-order valence-corrected chi connectivity index (χ2v) is 5.99. The number of hydrogen-bond acceptors (Lipinski definition) is 5. The molecule has 2 fully saturated rings. The average Bonchev–Trinajstić information content (AvgIpc) is 3.02. The SMILES string of the molecule is O=C(O)C1(Cn2nnnc2CCN2CCCC2)CCC1. The second-order valence-electron chi connectivity index (χ2n) is 5.99. The Morgan fingerprint density at radius 3 is 2.60 bits per heavy atom. The molecular weight excluding hydrogens is 258 g/mol. The molecule has 1 aromatic rings. The molecule has 3 rings (SSSR count). The molecule has 1 saturated carbocycles. The number of aromatic nitrogens is 4. The summed E-state index contributed by atoms with van der Waals surface area (Å²) in [5.74, 6) is 0.0918. The summed E-state index contributed by atoms with van der Waals surface area (Å²) in [6.07, 6.45) is 5.78. The summed E-state index contributed by atoms with van der Waals surface area (Å²) in [6.45, 7) is 3.67. The number of hydrogen-bond donors (Lipinski definition) is 1. The number of aliphatic carboxylic acids is 1. The predicted molar refractivity (Wildman–Crippen MR) is 71.1 cm³/mol. The van der Waals surface area contributed by atoms with Crippen molar-refractivity contribution in [2.24, 2.45) is 5.41 Å². The number of nitrogens with zero attached hydrogens (tertiary/aromatic N) is 5. The van der Waals surface area contributed by atoms with Gasteiger partial charge in [0.15, 0.2) is 5.82 Å². The van der Waals surface area contributed by atoms with Crippen molar-refractivity contribution in [3.63, 3.8) is 0 Å². The molecule has 0 unspecified atom stereocenters. The number of carboxylic acid groups (broad SMARTS) is 1. The van der Waals surface area contributed by atoms with E-state index in [0.29, 0.717) is 6.54 Å². The Bertz CT molecular complexity index is 477. The Morgan fingerprint density at radius 1 is 1.25 bits per heavy atom. The summed E-state index contributed by atoms with van der Waals surface area (Å²) in [7, 11) is 0. The summed E-state index contributed by atoms with van der Waals surface area (Å²) in [5.41, 5.74) is -0.641. The topological polar surface area (TPSA) is 84.1 Å². The lowest BCUT2D eigenvalue weighted by molar-refractivity contribution is -0.156. The molecule has 7 heteroatoms. The molecule has 1 aliphatic carbocycles. The fourth-order valence-corrected chi connectivity index (χ4v) is 3.12. The molecule has 2 heterocycles. The van der Waals surface area contributed by atoms with Gasteiger partial charge in [-0.25, -0.2) is 4.68 Å². The highest BCUT2D eigenvalue weighted by Crippen LogP contribution is 2.42. The van der Waals surface area contributed by atoms with Crippen molar-refractivity contribution in [3.05, 3.63) is 5.82 Å². The molecule has 1 N–H and O–H groups in total. The molecule has 0 amide bonds. The molecule has 0 spiro atoms. The van der Waals surface area contributed by atoms with E-state index in [-0.39, 0.29) is 0 Å². The van der Waals surface area contributed by atoms with Crippen LogP contribution in [0.2, 0.25) is 0 Å². The van der Waals surface area contributed by atoms with Gasteiger partial charge in [0.05, 0.1) is 12.0 Å². The Morgan fingerprint density at radius 2 is 2.00 bits per heavy atom. The van der Waals surface area contributed by atoms with Gasteiger partial charge in [0.1, 0.15) is 0 Å². The number of tetrazole rings is 1. The molecule has 20 heavy (non-hydrogen) atoms. The molecule has 2 aliphatic rings. The molecule has 1 aliphatic heterocycles. The van der Waals surface area contributed by atoms with E-state index in [4.69, 9.17) is 0 Å². The first-order valence-electron chi connectivity index (χ1n) is 7.40. The van der Waals surface area contributed by atoms with Crippen molar-refractivity contribution in [1.29, 1.82) is 0 Å². The van der Waals surface area contributed by atoms with Crippen LogP contribution in [0.25, 0.3) is 0 Å². The molecule has 110 valence electrons. The fourth-order valence-electron chi connectivity index (χ4n) is 3.12. The third kappa shape index (κ3) is 2.54. The van der Waals surface area contributed by atoms with Crippen molar-refractivity contribution in [2.75, 3.05) is 19.6 Å². The molecular formula is C13H21N5O2. The van der Waals surface area contributed by atoms with Crippen LogP contribution in [0.1, 0.15) is 37.9 Å². The molecule has 1 aromatic heterocycles. The highest BCUT2D eigenvalue weighted by atomic mass is 16.4. The van der Waals surface area contributed by atoms with Gasteiger partial charge in [-0.15, -0.1) is 5.10 Å². The van der Waals surface area contributed by atoms with E-state index < -0.39 is 11.4 Å². The number of rotatable bonds is 6. The quantitative estimate of drug-likeness (QED) is 0.819. The van der Waals surface area contributed by atoms with E-state index in [9.17, 15) is 9.90 Å². The Hall–Kier alpha value is -1.50. The third-order valence-corrected chi connectivity index (χ3v) is 4.67. The van der Waals surface area contributed by atoms with Crippen LogP contribution < -0.4 is 0 Å². The normalized spacial score (nSPS) is 21.8. The van der Waals surface area contributed by atoms with Crippen molar-refractivity contribution in [2.45, 2.75) is 45.1 Å². The van der Waals surface area contributed by atoms with Crippen molar-refractivity contribution in [3.8, 4) is 0 Å². The van der Waals surface area contributed by atoms with Crippen molar-refractivity contribution in [1.82, 2.24) is 25.1 Å². The fraction of sp³-hybridized carbons (Fsp3) is 0.846. The zero-order valence-electron chi connectivity index (χ0n) is 11.7. The van der Waals surface area contributed by atoms with Gasteiger partial charge in [0, 0.05) is 13.0 Å². The minimum absolute atomic E-state index is 0.407. The predicted octanol–water partition coefficient (Wildman–Crippen LogP) is 0.566. The molecule has 0 radical (unpaired) electrons. The van der Waals surface area contributed by atoms with E-state index in [1.807, 2.05) is 0 Å². The summed E-state index contributed by atoms with van der Waals surface area (Å²) in [6, 6.07) is 0. The lowest BCUT2D eigenvalue weighted by Crippen LogP contribution is -2.42. The van der Waals surface area contributed by atoms with E-state index in [0.717, 1.165) is 51.1 Å². The first kappa shape index (κ1) is 13.5. The Kier molecular flexibility index (Phi) is 3.69. The van der Waals surface area contributed by atoms with Crippen LogP contribution in [0.5, 0.6) is 0 Å². The second kappa shape index (κ2) is 5.47. The van der Waals surface area contributed by atoms with Crippen LogP contribution in [-0.4, -0.2) is 55.8 Å². The zero-order chi connectivity index (χ0) is 14.0. The number of carbonyl (C=O) groups is 1. The monoisotopic (exact) mass is 279 g/mol. The highest BCUT2D eigenvalue weighted by Gasteiger charge is 2.45. The zero-order valence-corrected chi connectivity index (χ0v) is 11.7. The smallest absolute Gasteiger partial charge is 0.311 e. The largest absolute Gasteiger partial charge is 0.481 e. The van der Waals surface area contributed by atoms with E-state index in [1.54, 1.807) is 4.68 Å². The molecule has 0 bridgehead atoms. The van der Waals surface area contributed by atoms with Crippen LogP contribution in [0.15, 0.2) is 0 Å². The third-order valence-electron chi connectivity index (χ3n) is 4.67. The van der Waals surface area contributed by atoms with Gasteiger partial charge in [-0.05, 0) is 49.2 Å². The van der Waals surface area contributed by atoms with Crippen molar-refractivity contribution < 1.29 is 9.90 Å². The summed E-state index contributed by atoms with van der Waals surface area (Å²) >= 11 is 0. The van der Waals surface area contributed by atoms with Gasteiger partial charge in [-0.3, -0.25) is 4.79 Å². The highest BCUT2D eigenvalue weighted by molar-refractivity contribution is 5.75. The maximum absolute atomic E-state index is 11.4. The van der Waals surface area contributed by atoms with E-state index >= 15 is 0 Å². The van der Waals surface area contributed by atoms with Crippen LogP contribution in [0, 0.1) is 5.41 Å². The van der Waals surface area contributed by atoms with Crippen LogP contribution in [0.3, 0.4) is 0 Å². The van der Waals surface area contributed by atoms with Gasteiger partial charge in [0.25, 0.3) is 0 Å². The lowest BCUT2D eigenvalue weighted by atomic mass is 9.69. The minimum Gasteiger partial charge on any atom is -0.481 e.